The van der Waals surface area contributed by atoms with E-state index in [0.717, 1.165) is 16.6 Å². The predicted octanol–water partition coefficient (Wildman–Crippen LogP) is 4.58. The van der Waals surface area contributed by atoms with Gasteiger partial charge in [-0.25, -0.2) is 9.48 Å². The number of hydrogen-bond acceptors (Lipinski definition) is 6. The van der Waals surface area contributed by atoms with Crippen LogP contribution in [0.15, 0.2) is 83.7 Å². The maximum absolute atomic E-state index is 13.9. The first-order valence-electron chi connectivity index (χ1n) is 12.9. The molecule has 40 heavy (non-hydrogen) atoms. The number of nitrogens with one attached hydrogen (secondary N) is 1. The van der Waals surface area contributed by atoms with Crippen LogP contribution in [0.2, 0.25) is 0 Å². The molecule has 2 aromatic heterocycles. The van der Waals surface area contributed by atoms with E-state index in [1.54, 1.807) is 34.8 Å². The first-order valence-corrected chi connectivity index (χ1v) is 12.9. The lowest BCUT2D eigenvalue weighted by Gasteiger charge is -2.32. The number of piperidine rings is 1. The SMILES string of the molecule is COc1cccc(-c2cc(C(=O)N3CCC(n4c(=O)[nH]c5ccccc54)CC3)n(-c3ccc([N+](=O)[O-])cc3)n2)c1. The second kappa shape index (κ2) is 10.2. The van der Waals surface area contributed by atoms with Crippen LogP contribution in [-0.4, -0.2) is 55.3 Å². The molecule has 1 fully saturated rings. The standard InChI is InChI=1S/C29H26N6O5/c1-40-23-6-4-5-19(17-23)25-18-27(34(31-25)21-9-11-22(12-10-21)35(38)39)28(36)32-15-13-20(14-16-32)33-26-8-3-2-7-24(26)30-29(33)37/h2-12,17-18,20H,13-16H2,1H3,(H,30,37). The van der Waals surface area contributed by atoms with E-state index in [-0.39, 0.29) is 23.3 Å². The predicted molar refractivity (Wildman–Crippen MR) is 149 cm³/mol. The average Bonchev–Trinajstić information content (AvgIpc) is 3.58. The number of likely N-dealkylation sites (tertiary alicyclic amines) is 1. The molecular weight excluding hydrogens is 512 g/mol. The van der Waals surface area contributed by atoms with Crippen molar-refractivity contribution < 1.29 is 14.5 Å². The number of benzene rings is 3. The maximum atomic E-state index is 13.9. The van der Waals surface area contributed by atoms with Gasteiger partial charge in [-0.2, -0.15) is 5.10 Å². The highest BCUT2D eigenvalue weighted by molar-refractivity contribution is 5.94. The van der Waals surface area contributed by atoms with E-state index in [9.17, 15) is 19.7 Å². The molecule has 1 aliphatic heterocycles. The number of aromatic amines is 1. The number of carbonyl (C=O) groups is 1. The van der Waals surface area contributed by atoms with Gasteiger partial charge in [-0.1, -0.05) is 24.3 Å². The third-order valence-corrected chi connectivity index (χ3v) is 7.34. The quantitative estimate of drug-likeness (QED) is 0.249. The second-order valence-electron chi connectivity index (χ2n) is 9.67. The van der Waals surface area contributed by atoms with E-state index < -0.39 is 4.92 Å². The summed E-state index contributed by atoms with van der Waals surface area (Å²) in [4.78, 5) is 41.9. The lowest BCUT2D eigenvalue weighted by Crippen LogP contribution is -2.41. The normalized spacial score (nSPS) is 14.0. The van der Waals surface area contributed by atoms with Crippen LogP contribution >= 0.6 is 0 Å². The number of imidazole rings is 1. The summed E-state index contributed by atoms with van der Waals surface area (Å²) in [5.74, 6) is 0.453. The third-order valence-electron chi connectivity index (χ3n) is 7.34. The molecule has 202 valence electrons. The van der Waals surface area contributed by atoms with Crippen LogP contribution in [0.25, 0.3) is 28.0 Å². The van der Waals surface area contributed by atoms with Crippen molar-refractivity contribution >= 4 is 22.6 Å². The minimum atomic E-state index is -0.468. The lowest BCUT2D eigenvalue weighted by molar-refractivity contribution is -0.384. The molecule has 0 radical (unpaired) electrons. The van der Waals surface area contributed by atoms with Crippen molar-refractivity contribution in [3.8, 4) is 22.7 Å². The molecule has 0 spiro atoms. The maximum Gasteiger partial charge on any atom is 0.326 e. The molecule has 1 aliphatic rings. The number of non-ortho nitro benzene ring substituents is 1. The van der Waals surface area contributed by atoms with Crippen LogP contribution in [0.5, 0.6) is 5.75 Å². The first-order chi connectivity index (χ1) is 19.4. The fourth-order valence-electron chi connectivity index (χ4n) is 5.30. The number of hydrogen-bond donors (Lipinski definition) is 1. The summed E-state index contributed by atoms with van der Waals surface area (Å²) in [7, 11) is 1.58. The van der Waals surface area contributed by atoms with Gasteiger partial charge >= 0.3 is 5.69 Å². The van der Waals surface area contributed by atoms with Crippen molar-refractivity contribution in [3.63, 3.8) is 0 Å². The number of carbonyl (C=O) groups excluding carboxylic acids is 1. The molecule has 1 saturated heterocycles. The van der Waals surface area contributed by atoms with Crippen molar-refractivity contribution in [2.24, 2.45) is 0 Å². The number of amides is 1. The number of ether oxygens (including phenoxy) is 1. The van der Waals surface area contributed by atoms with Gasteiger partial charge in [-0.15, -0.1) is 0 Å². The van der Waals surface area contributed by atoms with Crippen LogP contribution in [0, 0.1) is 10.1 Å². The van der Waals surface area contributed by atoms with E-state index in [0.29, 0.717) is 48.8 Å². The zero-order valence-corrected chi connectivity index (χ0v) is 21.7. The van der Waals surface area contributed by atoms with Gasteiger partial charge in [-0.05, 0) is 55.3 Å². The molecule has 0 saturated carbocycles. The van der Waals surface area contributed by atoms with Gasteiger partial charge < -0.3 is 14.6 Å². The molecule has 6 rings (SSSR count). The zero-order valence-electron chi connectivity index (χ0n) is 21.7. The molecule has 3 heterocycles. The molecule has 11 nitrogen and oxygen atoms in total. The summed E-state index contributed by atoms with van der Waals surface area (Å²) in [5.41, 5.74) is 3.67. The summed E-state index contributed by atoms with van der Waals surface area (Å²) >= 11 is 0. The molecule has 0 atom stereocenters. The fraction of sp³-hybridized carbons (Fsp3) is 0.207. The van der Waals surface area contributed by atoms with Gasteiger partial charge in [0.2, 0.25) is 0 Å². The van der Waals surface area contributed by atoms with E-state index in [1.807, 2.05) is 48.5 Å². The van der Waals surface area contributed by atoms with Crippen molar-refractivity contribution in [2.75, 3.05) is 20.2 Å². The summed E-state index contributed by atoms with van der Waals surface area (Å²) in [6.45, 7) is 0.935. The highest BCUT2D eigenvalue weighted by Gasteiger charge is 2.29. The van der Waals surface area contributed by atoms with Crippen molar-refractivity contribution in [1.82, 2.24) is 24.2 Å². The molecular formula is C29H26N6O5. The van der Waals surface area contributed by atoms with Gasteiger partial charge in [0.05, 0.1) is 34.4 Å². The van der Waals surface area contributed by atoms with Crippen molar-refractivity contribution in [3.05, 3.63) is 105 Å². The molecule has 0 bridgehead atoms. The molecule has 0 aliphatic carbocycles. The monoisotopic (exact) mass is 538 g/mol. The lowest BCUT2D eigenvalue weighted by atomic mass is 10.0. The van der Waals surface area contributed by atoms with Gasteiger partial charge in [0.1, 0.15) is 11.4 Å². The number of para-hydroxylation sites is 2. The average molecular weight is 539 g/mol. The Morgan fingerprint density at radius 2 is 1.77 bits per heavy atom. The Morgan fingerprint density at radius 1 is 1.02 bits per heavy atom. The first kappa shape index (κ1) is 25.1. The van der Waals surface area contributed by atoms with E-state index in [4.69, 9.17) is 9.84 Å². The van der Waals surface area contributed by atoms with E-state index in [2.05, 4.69) is 4.98 Å². The fourth-order valence-corrected chi connectivity index (χ4v) is 5.30. The molecule has 0 unspecified atom stereocenters. The van der Waals surface area contributed by atoms with Crippen molar-refractivity contribution in [1.29, 1.82) is 0 Å². The number of nitro groups is 1. The van der Waals surface area contributed by atoms with Crippen LogP contribution in [-0.2, 0) is 0 Å². The zero-order chi connectivity index (χ0) is 27.8. The Kier molecular flexibility index (Phi) is 6.39. The summed E-state index contributed by atoms with van der Waals surface area (Å²) < 4.78 is 8.67. The molecule has 1 amide bonds. The number of H-pyrrole nitrogens is 1. The Hall–Kier alpha value is -5.19. The van der Waals surface area contributed by atoms with Crippen LogP contribution in [0.3, 0.4) is 0 Å². The summed E-state index contributed by atoms with van der Waals surface area (Å²) in [6, 6.07) is 22.6. The van der Waals surface area contributed by atoms with Gasteiger partial charge in [0, 0.05) is 36.8 Å². The number of methoxy groups -OCH3 is 1. The Bertz CT molecular complexity index is 1780. The molecule has 5 aromatic rings. The highest BCUT2D eigenvalue weighted by atomic mass is 16.6. The number of fused-ring (bicyclic) bond motifs is 1. The molecule has 11 heteroatoms. The van der Waals surface area contributed by atoms with Gasteiger partial charge in [0.25, 0.3) is 11.6 Å². The highest BCUT2D eigenvalue weighted by Crippen LogP contribution is 2.29. The van der Waals surface area contributed by atoms with Crippen LogP contribution in [0.1, 0.15) is 29.4 Å². The summed E-state index contributed by atoms with van der Waals surface area (Å²) in [6.07, 6.45) is 1.25. The topological polar surface area (TPSA) is 128 Å². The number of aromatic nitrogens is 4. The number of nitrogens with zero attached hydrogens (tertiary/aromatic N) is 5. The van der Waals surface area contributed by atoms with E-state index in [1.165, 1.54) is 16.8 Å². The summed E-state index contributed by atoms with van der Waals surface area (Å²) in [5, 5.41) is 15.9. The Morgan fingerprint density at radius 3 is 2.50 bits per heavy atom. The third kappa shape index (κ3) is 4.51. The smallest absolute Gasteiger partial charge is 0.326 e. The van der Waals surface area contributed by atoms with Gasteiger partial charge in [-0.3, -0.25) is 19.5 Å². The largest absolute Gasteiger partial charge is 0.497 e. The van der Waals surface area contributed by atoms with Crippen LogP contribution in [0.4, 0.5) is 5.69 Å². The number of rotatable bonds is 6. The molecule has 1 N–H and O–H groups in total. The second-order valence-corrected chi connectivity index (χ2v) is 9.67. The van der Waals surface area contributed by atoms with E-state index >= 15 is 0 Å². The van der Waals surface area contributed by atoms with Crippen molar-refractivity contribution in [2.45, 2.75) is 18.9 Å². The molecule has 3 aromatic carbocycles. The Balaban J connectivity index is 1.31. The van der Waals surface area contributed by atoms with Crippen LogP contribution < -0.4 is 10.4 Å². The number of nitro benzene ring substituents is 1. The Labute approximate surface area is 228 Å². The minimum Gasteiger partial charge on any atom is -0.497 e. The minimum absolute atomic E-state index is 0.0281. The van der Waals surface area contributed by atoms with Gasteiger partial charge in [0.15, 0.2) is 0 Å².